The van der Waals surface area contributed by atoms with Gasteiger partial charge in [0.1, 0.15) is 5.25 Å². The summed E-state index contributed by atoms with van der Waals surface area (Å²) in [4.78, 5) is 14.4. The zero-order chi connectivity index (χ0) is 19.2. The van der Waals surface area contributed by atoms with Crippen molar-refractivity contribution in [1.82, 2.24) is 9.62 Å². The Morgan fingerprint density at radius 1 is 1.19 bits per heavy atom. The van der Waals surface area contributed by atoms with Crippen LogP contribution >= 0.6 is 0 Å². The predicted octanol–water partition coefficient (Wildman–Crippen LogP) is 1.18. The largest absolute Gasteiger partial charge is 0.395 e. The summed E-state index contributed by atoms with van der Waals surface area (Å²) in [5.74, 6) is 0. The topological polar surface area (TPSA) is 98.7 Å². The maximum absolute atomic E-state index is 12.5. The van der Waals surface area contributed by atoms with Gasteiger partial charge in [-0.3, -0.25) is 4.90 Å². The number of sulfonamides is 1. The van der Waals surface area contributed by atoms with E-state index in [0.717, 1.165) is 44.2 Å². The lowest BCUT2D eigenvalue weighted by molar-refractivity contribution is 0.0846. The van der Waals surface area contributed by atoms with Gasteiger partial charge in [-0.05, 0) is 67.7 Å². The van der Waals surface area contributed by atoms with Crippen LogP contribution in [0.15, 0.2) is 6.07 Å². The van der Waals surface area contributed by atoms with Crippen molar-refractivity contribution in [2.75, 3.05) is 25.0 Å². The van der Waals surface area contributed by atoms with E-state index >= 15 is 0 Å². The molecule has 0 spiro atoms. The van der Waals surface area contributed by atoms with E-state index in [1.165, 1.54) is 22.3 Å². The van der Waals surface area contributed by atoms with Crippen molar-refractivity contribution >= 4 is 21.7 Å². The molecule has 0 radical (unpaired) electrons. The van der Waals surface area contributed by atoms with Gasteiger partial charge in [0.15, 0.2) is 0 Å². The molecule has 2 amide bonds. The molecule has 148 valence electrons. The number of amides is 2. The number of nitrogens with one attached hydrogen (secondary N) is 2. The van der Waals surface area contributed by atoms with Crippen LogP contribution in [0.5, 0.6) is 0 Å². The lowest BCUT2D eigenvalue weighted by Crippen LogP contribution is -2.61. The third-order valence-electron chi connectivity index (χ3n) is 6.15. The molecule has 3 N–H and O–H groups in total. The number of nitrogens with zero attached hydrogens (tertiary/aromatic N) is 1. The van der Waals surface area contributed by atoms with Gasteiger partial charge in [-0.1, -0.05) is 6.07 Å². The number of aliphatic hydroxyl groups excluding tert-OH is 1. The van der Waals surface area contributed by atoms with Crippen LogP contribution in [0.25, 0.3) is 0 Å². The van der Waals surface area contributed by atoms with Crippen molar-refractivity contribution in [3.05, 3.63) is 28.3 Å². The predicted molar refractivity (Wildman–Crippen MR) is 103 cm³/mol. The molecular weight excluding hydrogens is 366 g/mol. The third-order valence-corrected chi connectivity index (χ3v) is 7.79. The van der Waals surface area contributed by atoms with E-state index in [0.29, 0.717) is 13.1 Å². The molecule has 3 aliphatic rings. The number of rotatable bonds is 5. The molecule has 1 aromatic carbocycles. The smallest absolute Gasteiger partial charge is 0.332 e. The molecule has 1 heterocycles. The number of benzene rings is 1. The average Bonchev–Trinajstić information content (AvgIpc) is 3.20. The number of aliphatic hydroxyl groups is 1. The van der Waals surface area contributed by atoms with E-state index in [4.69, 9.17) is 5.11 Å². The van der Waals surface area contributed by atoms with Crippen molar-refractivity contribution in [2.24, 2.45) is 0 Å². The molecule has 0 bridgehead atoms. The normalized spacial score (nSPS) is 20.7. The van der Waals surface area contributed by atoms with Crippen LogP contribution in [0.3, 0.4) is 0 Å². The summed E-state index contributed by atoms with van der Waals surface area (Å²) in [5, 5.41) is 11.4. The van der Waals surface area contributed by atoms with Crippen LogP contribution in [-0.4, -0.2) is 55.4 Å². The highest BCUT2D eigenvalue weighted by Gasteiger charge is 2.40. The van der Waals surface area contributed by atoms with E-state index in [1.807, 2.05) is 11.8 Å². The molecule has 1 aliphatic heterocycles. The zero-order valence-corrected chi connectivity index (χ0v) is 16.4. The minimum atomic E-state index is -3.73. The quantitative estimate of drug-likeness (QED) is 0.698. The Morgan fingerprint density at radius 3 is 2.33 bits per heavy atom. The summed E-state index contributed by atoms with van der Waals surface area (Å²) in [6, 6.07) is 1.54. The highest BCUT2D eigenvalue weighted by molar-refractivity contribution is 7.90. The molecule has 7 nitrogen and oxygen atoms in total. The molecule has 1 fully saturated rings. The van der Waals surface area contributed by atoms with E-state index in [2.05, 4.69) is 16.1 Å². The molecule has 0 aromatic heterocycles. The Balaban J connectivity index is 1.45. The highest BCUT2D eigenvalue weighted by Crippen LogP contribution is 2.38. The summed E-state index contributed by atoms with van der Waals surface area (Å²) < 4.78 is 27.2. The fraction of sp³-hybridized carbons (Fsp3) is 0.632. The maximum atomic E-state index is 12.5. The minimum absolute atomic E-state index is 0.00902. The van der Waals surface area contributed by atoms with Gasteiger partial charge in [0, 0.05) is 24.8 Å². The van der Waals surface area contributed by atoms with Crippen molar-refractivity contribution < 1.29 is 18.3 Å². The number of hydrogen-bond acceptors (Lipinski definition) is 5. The number of anilines is 1. The number of hydrogen-bond donors (Lipinski definition) is 3. The fourth-order valence-electron chi connectivity index (χ4n) is 4.46. The van der Waals surface area contributed by atoms with E-state index in [1.54, 1.807) is 0 Å². The second kappa shape index (κ2) is 7.07. The molecule has 1 atom stereocenters. The Labute approximate surface area is 160 Å². The van der Waals surface area contributed by atoms with Gasteiger partial charge >= 0.3 is 6.03 Å². The average molecular weight is 394 g/mol. The van der Waals surface area contributed by atoms with Crippen LogP contribution in [0, 0.1) is 0 Å². The van der Waals surface area contributed by atoms with Crippen LogP contribution in [0.1, 0.15) is 42.0 Å². The maximum Gasteiger partial charge on any atom is 0.332 e. The highest BCUT2D eigenvalue weighted by atomic mass is 32.2. The van der Waals surface area contributed by atoms with Crippen LogP contribution in [-0.2, 0) is 35.7 Å². The molecule has 1 unspecified atom stereocenters. The monoisotopic (exact) mass is 393 g/mol. The molecule has 2 aliphatic carbocycles. The first-order chi connectivity index (χ1) is 12.9. The lowest BCUT2D eigenvalue weighted by atomic mass is 9.99. The second-order valence-corrected chi connectivity index (χ2v) is 9.90. The molecule has 0 saturated carbocycles. The van der Waals surface area contributed by atoms with Gasteiger partial charge in [-0.15, -0.1) is 0 Å². The van der Waals surface area contributed by atoms with Gasteiger partial charge < -0.3 is 10.4 Å². The Kier molecular flexibility index (Phi) is 4.90. The van der Waals surface area contributed by atoms with Crippen LogP contribution in [0.4, 0.5) is 10.5 Å². The lowest BCUT2D eigenvalue weighted by Gasteiger charge is -2.41. The number of fused-ring (bicyclic) bond motifs is 2. The molecule has 1 saturated heterocycles. The number of urea groups is 1. The van der Waals surface area contributed by atoms with Gasteiger partial charge in [-0.2, -0.15) is 0 Å². The summed E-state index contributed by atoms with van der Waals surface area (Å²) in [5.41, 5.74) is 5.78. The van der Waals surface area contributed by atoms with Crippen LogP contribution in [0.2, 0.25) is 0 Å². The van der Waals surface area contributed by atoms with Gasteiger partial charge in [0.2, 0.25) is 10.0 Å². The van der Waals surface area contributed by atoms with Gasteiger partial charge in [0.05, 0.1) is 6.61 Å². The van der Waals surface area contributed by atoms with E-state index in [-0.39, 0.29) is 12.6 Å². The first-order valence-electron chi connectivity index (χ1n) is 9.73. The fourth-order valence-corrected chi connectivity index (χ4v) is 5.71. The SMILES string of the molecule is CC(CO)N1CC(S(=O)(=O)NC(=O)Nc2c3c(cc4c2CCC4)CCC3)C1. The number of carbonyl (C=O) groups excluding carboxylic acids is 1. The summed E-state index contributed by atoms with van der Waals surface area (Å²) in [7, 11) is -3.73. The van der Waals surface area contributed by atoms with Crippen molar-refractivity contribution in [3.8, 4) is 0 Å². The standard InChI is InChI=1S/C19H27N3O4S/c1-12(11-23)22-9-15(10-22)27(25,26)21-19(24)20-18-16-6-2-4-13(16)8-14-5-3-7-17(14)18/h8,12,15,23H,2-7,9-11H2,1H3,(H2,20,21,24). The first-order valence-corrected chi connectivity index (χ1v) is 11.3. The number of carbonyl (C=O) groups is 1. The Morgan fingerprint density at radius 2 is 1.78 bits per heavy atom. The third kappa shape index (κ3) is 3.46. The number of likely N-dealkylation sites (tertiary alicyclic amines) is 1. The summed E-state index contributed by atoms with van der Waals surface area (Å²) >= 11 is 0. The molecule has 4 rings (SSSR count). The van der Waals surface area contributed by atoms with Crippen molar-refractivity contribution in [3.63, 3.8) is 0 Å². The van der Waals surface area contributed by atoms with Gasteiger partial charge in [-0.25, -0.2) is 17.9 Å². The zero-order valence-electron chi connectivity index (χ0n) is 15.6. The Hall–Kier alpha value is -1.64. The molecular formula is C19H27N3O4S. The molecule has 27 heavy (non-hydrogen) atoms. The summed E-state index contributed by atoms with van der Waals surface area (Å²) in [6.45, 7) is 2.51. The Bertz CT molecular complexity index is 830. The van der Waals surface area contributed by atoms with Crippen molar-refractivity contribution in [1.29, 1.82) is 0 Å². The minimum Gasteiger partial charge on any atom is -0.395 e. The molecule has 1 aromatic rings. The van der Waals surface area contributed by atoms with E-state index in [9.17, 15) is 13.2 Å². The van der Waals surface area contributed by atoms with Crippen molar-refractivity contribution in [2.45, 2.75) is 56.7 Å². The first kappa shape index (κ1) is 18.7. The molecule has 8 heteroatoms. The van der Waals surface area contributed by atoms with Crippen LogP contribution < -0.4 is 10.0 Å². The summed E-state index contributed by atoms with van der Waals surface area (Å²) in [6.07, 6.45) is 6.07. The second-order valence-electron chi connectivity index (χ2n) is 7.94. The number of aryl methyl sites for hydroxylation is 2. The van der Waals surface area contributed by atoms with Gasteiger partial charge in [0.25, 0.3) is 0 Å². The van der Waals surface area contributed by atoms with E-state index < -0.39 is 21.3 Å².